The molecule has 1 aliphatic heterocycles. The number of methoxy groups -OCH3 is 1. The van der Waals surface area contributed by atoms with Crippen molar-refractivity contribution >= 4 is 23.3 Å². The maximum Gasteiger partial charge on any atom is 0.301 e. The summed E-state index contributed by atoms with van der Waals surface area (Å²) >= 11 is 0. The van der Waals surface area contributed by atoms with E-state index in [0.717, 1.165) is 6.42 Å². The molecule has 1 atom stereocenters. The van der Waals surface area contributed by atoms with Crippen molar-refractivity contribution in [1.29, 1.82) is 0 Å². The van der Waals surface area contributed by atoms with Crippen LogP contribution in [0.5, 0.6) is 11.5 Å². The van der Waals surface area contributed by atoms with Crippen LogP contribution in [0.2, 0.25) is 0 Å². The third kappa shape index (κ3) is 4.07. The maximum atomic E-state index is 13.2. The van der Waals surface area contributed by atoms with E-state index in [1.165, 1.54) is 12.0 Å². The number of ether oxygens (including phenoxy) is 2. The average molecular weight is 448 g/mol. The zero-order chi connectivity index (χ0) is 23.5. The largest absolute Gasteiger partial charge is 0.507 e. The SMILES string of the molecule is CCCOc1ccc(/C(O)=C2\C(=O)C(=O)N(c3cc(C)on3)[C@@H]2c2ccccc2OC)cc1. The molecule has 1 aliphatic rings. The standard InChI is InChI=1S/C25H24N2O6/c1-4-13-32-17-11-9-16(10-12-17)23(28)21-22(18-7-5-6-8-19(18)31-3)27(25(30)24(21)29)20-14-15(2)33-26-20/h5-12,14,22,28H,4,13H2,1-3H3/b23-21+/t22-/m1/s1. The highest BCUT2D eigenvalue weighted by molar-refractivity contribution is 6.51. The molecule has 0 spiro atoms. The fourth-order valence-electron chi connectivity index (χ4n) is 3.81. The monoisotopic (exact) mass is 448 g/mol. The van der Waals surface area contributed by atoms with Gasteiger partial charge in [0.1, 0.15) is 29.1 Å². The van der Waals surface area contributed by atoms with Crippen molar-refractivity contribution in [2.75, 3.05) is 18.6 Å². The minimum Gasteiger partial charge on any atom is -0.507 e. The van der Waals surface area contributed by atoms with Crippen molar-refractivity contribution in [1.82, 2.24) is 5.16 Å². The van der Waals surface area contributed by atoms with Crippen LogP contribution in [0.1, 0.15) is 36.3 Å². The second kappa shape index (κ2) is 9.20. The van der Waals surface area contributed by atoms with Crippen LogP contribution in [0.25, 0.3) is 5.76 Å². The summed E-state index contributed by atoms with van der Waals surface area (Å²) in [5, 5.41) is 15.1. The number of amides is 1. The van der Waals surface area contributed by atoms with Gasteiger partial charge in [0, 0.05) is 17.2 Å². The molecule has 0 aliphatic carbocycles. The highest BCUT2D eigenvalue weighted by Gasteiger charge is 2.49. The smallest absolute Gasteiger partial charge is 0.301 e. The molecule has 3 aromatic rings. The topological polar surface area (TPSA) is 102 Å². The van der Waals surface area contributed by atoms with Crippen molar-refractivity contribution in [2.24, 2.45) is 0 Å². The number of carbonyl (C=O) groups is 2. The number of para-hydroxylation sites is 1. The number of aromatic nitrogens is 1. The third-order valence-electron chi connectivity index (χ3n) is 5.34. The lowest BCUT2D eigenvalue weighted by molar-refractivity contribution is -0.132. The first-order valence-corrected chi connectivity index (χ1v) is 10.6. The number of hydrogen-bond donors (Lipinski definition) is 1. The lowest BCUT2D eigenvalue weighted by atomic mass is 9.94. The Balaban J connectivity index is 1.87. The first-order valence-electron chi connectivity index (χ1n) is 10.6. The molecule has 1 amide bonds. The molecule has 1 saturated heterocycles. The van der Waals surface area contributed by atoms with Crippen molar-refractivity contribution < 1.29 is 28.7 Å². The molecule has 0 radical (unpaired) electrons. The van der Waals surface area contributed by atoms with Gasteiger partial charge < -0.3 is 19.1 Å². The van der Waals surface area contributed by atoms with Crippen molar-refractivity contribution in [3.05, 3.63) is 77.1 Å². The van der Waals surface area contributed by atoms with E-state index < -0.39 is 17.7 Å². The molecule has 1 N–H and O–H groups in total. The third-order valence-corrected chi connectivity index (χ3v) is 5.34. The Hall–Kier alpha value is -4.07. The second-order valence-electron chi connectivity index (χ2n) is 7.58. The van der Waals surface area contributed by atoms with Crippen LogP contribution in [0.15, 0.2) is 64.7 Å². The van der Waals surface area contributed by atoms with Gasteiger partial charge in [0.25, 0.3) is 5.78 Å². The molecule has 0 bridgehead atoms. The summed E-state index contributed by atoms with van der Waals surface area (Å²) in [6.45, 7) is 4.27. The van der Waals surface area contributed by atoms with E-state index >= 15 is 0 Å². The van der Waals surface area contributed by atoms with Crippen molar-refractivity contribution in [3.63, 3.8) is 0 Å². The fourth-order valence-corrected chi connectivity index (χ4v) is 3.81. The first-order chi connectivity index (χ1) is 16.0. The second-order valence-corrected chi connectivity index (χ2v) is 7.58. The number of ketones is 1. The number of carbonyl (C=O) groups excluding carboxylic acids is 2. The number of hydrogen-bond acceptors (Lipinski definition) is 7. The summed E-state index contributed by atoms with van der Waals surface area (Å²) in [5.41, 5.74) is 0.852. The van der Waals surface area contributed by atoms with E-state index in [-0.39, 0.29) is 17.2 Å². The summed E-state index contributed by atoms with van der Waals surface area (Å²) < 4.78 is 16.2. The minimum absolute atomic E-state index is 0.0626. The molecule has 33 heavy (non-hydrogen) atoms. The van der Waals surface area contributed by atoms with Crippen LogP contribution < -0.4 is 14.4 Å². The van der Waals surface area contributed by atoms with Gasteiger partial charge in [0.2, 0.25) is 0 Å². The van der Waals surface area contributed by atoms with E-state index in [0.29, 0.717) is 35.0 Å². The Morgan fingerprint density at radius 1 is 1.15 bits per heavy atom. The number of nitrogens with zero attached hydrogens (tertiary/aromatic N) is 2. The van der Waals surface area contributed by atoms with E-state index in [4.69, 9.17) is 14.0 Å². The van der Waals surface area contributed by atoms with E-state index in [1.807, 2.05) is 6.92 Å². The summed E-state index contributed by atoms with van der Waals surface area (Å²) in [6, 6.07) is 14.3. The summed E-state index contributed by atoms with van der Waals surface area (Å²) in [4.78, 5) is 27.5. The van der Waals surface area contributed by atoms with Crippen LogP contribution >= 0.6 is 0 Å². The van der Waals surface area contributed by atoms with Crippen molar-refractivity contribution in [2.45, 2.75) is 26.3 Å². The Kier molecular flexibility index (Phi) is 6.17. The van der Waals surface area contributed by atoms with Gasteiger partial charge in [-0.1, -0.05) is 30.3 Å². The Morgan fingerprint density at radius 2 is 1.88 bits per heavy atom. The molecule has 8 nitrogen and oxygen atoms in total. The number of aliphatic hydroxyl groups is 1. The van der Waals surface area contributed by atoms with Gasteiger partial charge in [-0.15, -0.1) is 0 Å². The maximum absolute atomic E-state index is 13.2. The molecule has 170 valence electrons. The van der Waals surface area contributed by atoms with E-state index in [2.05, 4.69) is 5.16 Å². The first kappa shape index (κ1) is 22.1. The molecule has 4 rings (SSSR count). The van der Waals surface area contributed by atoms with Crippen LogP contribution in [0.3, 0.4) is 0 Å². The molecule has 0 saturated carbocycles. The zero-order valence-corrected chi connectivity index (χ0v) is 18.6. The van der Waals surface area contributed by atoms with Crippen molar-refractivity contribution in [3.8, 4) is 11.5 Å². The molecule has 2 aromatic carbocycles. The molecular weight excluding hydrogens is 424 g/mol. The van der Waals surface area contributed by atoms with Gasteiger partial charge in [-0.2, -0.15) is 0 Å². The van der Waals surface area contributed by atoms with Crippen LogP contribution in [0.4, 0.5) is 5.82 Å². The van der Waals surface area contributed by atoms with Crippen LogP contribution in [-0.2, 0) is 9.59 Å². The summed E-state index contributed by atoms with van der Waals surface area (Å²) in [6.07, 6.45) is 0.867. The number of aliphatic hydroxyl groups excluding tert-OH is 1. The lowest BCUT2D eigenvalue weighted by Crippen LogP contribution is -2.29. The number of benzene rings is 2. The number of anilines is 1. The molecular formula is C25H24N2O6. The predicted molar refractivity (Wildman–Crippen MR) is 121 cm³/mol. The Bertz CT molecular complexity index is 1210. The molecule has 2 heterocycles. The minimum atomic E-state index is -0.957. The molecule has 0 unspecified atom stereocenters. The summed E-state index contributed by atoms with van der Waals surface area (Å²) in [7, 11) is 1.50. The molecule has 8 heteroatoms. The molecule has 1 aromatic heterocycles. The highest BCUT2D eigenvalue weighted by atomic mass is 16.5. The Labute approximate surface area is 191 Å². The highest BCUT2D eigenvalue weighted by Crippen LogP contribution is 2.44. The number of rotatable bonds is 7. The number of Topliss-reactive ketones (excluding diaryl/α,β-unsaturated/α-hetero) is 1. The van der Waals surface area contributed by atoms with Gasteiger partial charge in [0.05, 0.1) is 19.3 Å². The quantitative estimate of drug-likeness (QED) is 0.325. The van der Waals surface area contributed by atoms with Gasteiger partial charge in [-0.25, -0.2) is 0 Å². The predicted octanol–water partition coefficient (Wildman–Crippen LogP) is 4.41. The van der Waals surface area contributed by atoms with Crippen LogP contribution in [0, 0.1) is 6.92 Å². The fraction of sp³-hybridized carbons (Fsp3) is 0.240. The van der Waals surface area contributed by atoms with E-state index in [9.17, 15) is 14.7 Å². The average Bonchev–Trinajstić information content (AvgIpc) is 3.37. The normalized spacial score (nSPS) is 17.4. The summed E-state index contributed by atoms with van der Waals surface area (Å²) in [5.74, 6) is -0.175. The molecule has 1 fully saturated rings. The van der Waals surface area contributed by atoms with Gasteiger partial charge in [0.15, 0.2) is 5.82 Å². The lowest BCUT2D eigenvalue weighted by Gasteiger charge is -2.24. The van der Waals surface area contributed by atoms with Crippen LogP contribution in [-0.4, -0.2) is 35.7 Å². The zero-order valence-electron chi connectivity index (χ0n) is 18.6. The van der Waals surface area contributed by atoms with Gasteiger partial charge in [-0.3, -0.25) is 14.5 Å². The Morgan fingerprint density at radius 3 is 2.52 bits per heavy atom. The van der Waals surface area contributed by atoms with Gasteiger partial charge in [-0.05, 0) is 43.7 Å². The number of aryl methyl sites for hydroxylation is 1. The van der Waals surface area contributed by atoms with E-state index in [1.54, 1.807) is 61.5 Å². The van der Waals surface area contributed by atoms with Gasteiger partial charge >= 0.3 is 5.91 Å².